The van der Waals surface area contributed by atoms with Crippen molar-refractivity contribution in [3.8, 4) is 0 Å². The van der Waals surface area contributed by atoms with E-state index >= 15 is 0 Å². The van der Waals surface area contributed by atoms with E-state index in [4.69, 9.17) is 0 Å². The Morgan fingerprint density at radius 3 is 2.43 bits per heavy atom. The maximum atomic E-state index is 13.2. The van der Waals surface area contributed by atoms with E-state index in [0.717, 1.165) is 50.2 Å². The molecule has 0 spiro atoms. The summed E-state index contributed by atoms with van der Waals surface area (Å²) in [5.74, 6) is 1.60. The Labute approximate surface area is 164 Å². The van der Waals surface area contributed by atoms with Gasteiger partial charge in [0.15, 0.2) is 0 Å². The van der Waals surface area contributed by atoms with E-state index in [1.54, 1.807) is 0 Å². The number of hydrogen-bond acceptors (Lipinski definition) is 2. The molecule has 28 heavy (non-hydrogen) atoms. The van der Waals surface area contributed by atoms with Crippen molar-refractivity contribution in [2.75, 3.05) is 10.6 Å². The zero-order valence-electron chi connectivity index (χ0n) is 16.2. The van der Waals surface area contributed by atoms with Gasteiger partial charge in [-0.25, -0.2) is 0 Å². The van der Waals surface area contributed by atoms with Gasteiger partial charge in [0.1, 0.15) is 0 Å². The summed E-state index contributed by atoms with van der Waals surface area (Å²) in [5.41, 5.74) is 0.131. The highest BCUT2D eigenvalue weighted by molar-refractivity contribution is 5.94. The number of benzene rings is 1. The highest BCUT2D eigenvalue weighted by Gasteiger charge is 2.40. The molecule has 6 heteroatoms. The van der Waals surface area contributed by atoms with Gasteiger partial charge in [-0.2, -0.15) is 13.2 Å². The number of nitrogens with one attached hydrogen (secondary N) is 2. The fourth-order valence-electron chi connectivity index (χ4n) is 5.48. The smallest absolute Gasteiger partial charge is 0.381 e. The second-order valence-electron chi connectivity index (χ2n) is 8.92. The number of halogens is 3. The minimum atomic E-state index is -4.42. The SMILES string of the molecule is O=C(C[C@@H]1C[C@@H]2CC[C@@H]1C2)Nc1cc(C(F)(F)F)ccc1NC1CCCCC1. The van der Waals surface area contributed by atoms with Gasteiger partial charge < -0.3 is 10.6 Å². The van der Waals surface area contributed by atoms with Crippen LogP contribution in [0.1, 0.15) is 69.8 Å². The summed E-state index contributed by atoms with van der Waals surface area (Å²) in [6, 6.07) is 3.89. The van der Waals surface area contributed by atoms with Gasteiger partial charge in [-0.15, -0.1) is 0 Å². The van der Waals surface area contributed by atoms with Crippen LogP contribution < -0.4 is 10.6 Å². The predicted octanol–water partition coefficient (Wildman–Crippen LogP) is 6.21. The Morgan fingerprint density at radius 1 is 1.00 bits per heavy atom. The quantitative estimate of drug-likeness (QED) is 0.623. The first-order chi connectivity index (χ1) is 13.4. The predicted molar refractivity (Wildman–Crippen MR) is 104 cm³/mol. The summed E-state index contributed by atoms with van der Waals surface area (Å²) in [6.07, 6.45) is 6.26. The number of amides is 1. The molecule has 0 radical (unpaired) electrons. The molecule has 0 saturated heterocycles. The first-order valence-corrected chi connectivity index (χ1v) is 10.7. The molecule has 2 N–H and O–H groups in total. The number of carbonyl (C=O) groups excluding carboxylic acids is 1. The van der Waals surface area contributed by atoms with Crippen molar-refractivity contribution in [1.29, 1.82) is 0 Å². The van der Waals surface area contributed by atoms with Crippen molar-refractivity contribution in [2.45, 2.75) is 76.4 Å². The van der Waals surface area contributed by atoms with Crippen LogP contribution in [-0.2, 0) is 11.0 Å². The monoisotopic (exact) mass is 394 g/mol. The maximum absolute atomic E-state index is 13.2. The van der Waals surface area contributed by atoms with Crippen LogP contribution in [0.4, 0.5) is 24.5 Å². The molecule has 0 aliphatic heterocycles. The number of anilines is 2. The minimum Gasteiger partial charge on any atom is -0.381 e. The molecule has 3 atom stereocenters. The Balaban J connectivity index is 1.47. The van der Waals surface area contributed by atoms with E-state index in [1.165, 1.54) is 31.7 Å². The van der Waals surface area contributed by atoms with Crippen LogP contribution in [0.25, 0.3) is 0 Å². The molecule has 1 amide bonds. The van der Waals surface area contributed by atoms with Crippen molar-refractivity contribution in [3.05, 3.63) is 23.8 Å². The maximum Gasteiger partial charge on any atom is 0.416 e. The van der Waals surface area contributed by atoms with Crippen molar-refractivity contribution >= 4 is 17.3 Å². The van der Waals surface area contributed by atoms with Crippen molar-refractivity contribution in [3.63, 3.8) is 0 Å². The van der Waals surface area contributed by atoms with Crippen LogP contribution in [-0.4, -0.2) is 11.9 Å². The van der Waals surface area contributed by atoms with E-state index in [2.05, 4.69) is 10.6 Å². The molecule has 3 aliphatic rings. The Bertz CT molecular complexity index is 712. The fraction of sp³-hybridized carbons (Fsp3) is 0.682. The number of carbonyl (C=O) groups is 1. The van der Waals surface area contributed by atoms with Crippen LogP contribution in [0, 0.1) is 17.8 Å². The topological polar surface area (TPSA) is 41.1 Å². The summed E-state index contributed by atoms with van der Waals surface area (Å²) in [7, 11) is 0. The molecule has 4 rings (SSSR count). The molecular formula is C22H29F3N2O. The van der Waals surface area contributed by atoms with Crippen LogP contribution in [0.5, 0.6) is 0 Å². The van der Waals surface area contributed by atoms with E-state index in [9.17, 15) is 18.0 Å². The molecule has 2 bridgehead atoms. The van der Waals surface area contributed by atoms with Crippen LogP contribution in [0.2, 0.25) is 0 Å². The second kappa shape index (κ2) is 7.96. The summed E-state index contributed by atoms with van der Waals surface area (Å²) in [5, 5.41) is 6.17. The molecule has 0 unspecified atom stereocenters. The zero-order chi connectivity index (χ0) is 19.7. The molecular weight excluding hydrogens is 365 g/mol. The molecule has 3 fully saturated rings. The van der Waals surface area contributed by atoms with Gasteiger partial charge in [0.2, 0.25) is 5.91 Å². The van der Waals surface area contributed by atoms with Crippen LogP contribution in [0.15, 0.2) is 18.2 Å². The summed E-state index contributed by atoms with van der Waals surface area (Å²) in [4.78, 5) is 12.6. The van der Waals surface area contributed by atoms with E-state index in [1.807, 2.05) is 0 Å². The van der Waals surface area contributed by atoms with Crippen LogP contribution in [0.3, 0.4) is 0 Å². The third-order valence-corrected chi connectivity index (χ3v) is 6.92. The average molecular weight is 394 g/mol. The Hall–Kier alpha value is -1.72. The van der Waals surface area contributed by atoms with Crippen molar-refractivity contribution in [2.24, 2.45) is 17.8 Å². The lowest BCUT2D eigenvalue weighted by Crippen LogP contribution is -2.25. The normalized spacial score (nSPS) is 27.8. The zero-order valence-corrected chi connectivity index (χ0v) is 16.2. The highest BCUT2D eigenvalue weighted by atomic mass is 19.4. The fourth-order valence-corrected chi connectivity index (χ4v) is 5.48. The third-order valence-electron chi connectivity index (χ3n) is 6.92. The van der Waals surface area contributed by atoms with Crippen molar-refractivity contribution < 1.29 is 18.0 Å². The van der Waals surface area contributed by atoms with Gasteiger partial charge >= 0.3 is 6.18 Å². The lowest BCUT2D eigenvalue weighted by atomic mass is 9.86. The summed E-state index contributed by atoms with van der Waals surface area (Å²) in [6.45, 7) is 0. The van der Waals surface area contributed by atoms with Crippen molar-refractivity contribution in [1.82, 2.24) is 0 Å². The number of rotatable bonds is 5. The first-order valence-electron chi connectivity index (χ1n) is 10.7. The average Bonchev–Trinajstić information content (AvgIpc) is 3.26. The standard InChI is InChI=1S/C22H29F3N2O/c23-22(24,25)17-8-9-19(26-18-4-2-1-3-5-18)20(13-17)27-21(28)12-16-11-14-6-7-15(16)10-14/h8-9,13-16,18,26H,1-7,10-12H2,(H,27,28)/t14-,15-,16+/m1/s1. The highest BCUT2D eigenvalue weighted by Crippen LogP contribution is 2.49. The Morgan fingerprint density at radius 2 is 1.79 bits per heavy atom. The lowest BCUT2D eigenvalue weighted by Gasteiger charge is -2.26. The van der Waals surface area contributed by atoms with Crippen LogP contribution >= 0.6 is 0 Å². The molecule has 3 saturated carbocycles. The van der Waals surface area contributed by atoms with E-state index in [-0.39, 0.29) is 17.6 Å². The second-order valence-corrected chi connectivity index (χ2v) is 8.92. The first kappa shape index (κ1) is 19.6. The molecule has 3 nitrogen and oxygen atoms in total. The lowest BCUT2D eigenvalue weighted by molar-refractivity contribution is -0.137. The van der Waals surface area contributed by atoms with E-state index in [0.29, 0.717) is 23.9 Å². The summed E-state index contributed by atoms with van der Waals surface area (Å²) >= 11 is 0. The van der Waals surface area contributed by atoms with Gasteiger partial charge in [0, 0.05) is 12.5 Å². The largest absolute Gasteiger partial charge is 0.416 e. The van der Waals surface area contributed by atoms with Gasteiger partial charge in [0.05, 0.1) is 16.9 Å². The third kappa shape index (κ3) is 4.47. The number of hydrogen-bond donors (Lipinski definition) is 2. The number of fused-ring (bicyclic) bond motifs is 2. The van der Waals surface area contributed by atoms with Gasteiger partial charge in [-0.1, -0.05) is 25.7 Å². The van der Waals surface area contributed by atoms with Gasteiger partial charge in [-0.3, -0.25) is 4.79 Å². The minimum absolute atomic E-state index is 0.163. The Kier molecular flexibility index (Phi) is 5.57. The van der Waals surface area contributed by atoms with Gasteiger partial charge in [0.25, 0.3) is 0 Å². The van der Waals surface area contributed by atoms with E-state index < -0.39 is 11.7 Å². The molecule has 1 aromatic carbocycles. The molecule has 154 valence electrons. The molecule has 0 heterocycles. The molecule has 1 aromatic rings. The summed E-state index contributed by atoms with van der Waals surface area (Å²) < 4.78 is 39.6. The number of alkyl halides is 3. The molecule has 0 aromatic heterocycles. The molecule has 3 aliphatic carbocycles. The van der Waals surface area contributed by atoms with Gasteiger partial charge in [-0.05, 0) is 68.1 Å².